The van der Waals surface area contributed by atoms with Crippen molar-refractivity contribution in [1.29, 1.82) is 0 Å². The molecule has 276 valence electrons. The molecule has 0 radical (unpaired) electrons. The van der Waals surface area contributed by atoms with Crippen LogP contribution >= 0.6 is 0 Å². The summed E-state index contributed by atoms with van der Waals surface area (Å²) >= 11 is 0. The van der Waals surface area contributed by atoms with Gasteiger partial charge in [-0.1, -0.05) is 183 Å². The van der Waals surface area contributed by atoms with Gasteiger partial charge in [0.05, 0.1) is 0 Å². The highest BCUT2D eigenvalue weighted by molar-refractivity contribution is 7.04. The first kappa shape index (κ1) is 33.2. The van der Waals surface area contributed by atoms with Crippen molar-refractivity contribution in [2.75, 3.05) is 0 Å². The van der Waals surface area contributed by atoms with Gasteiger partial charge >= 0.3 is 0 Å². The summed E-state index contributed by atoms with van der Waals surface area (Å²) in [6.07, 6.45) is 21.0. The maximum Gasteiger partial charge on any atom is 0.113 e. The molecule has 1 heterocycles. The molecule has 2 atom stereocenters. The molecule has 2 unspecified atom stereocenters. The van der Waals surface area contributed by atoms with E-state index in [2.05, 4.69) is 207 Å². The summed E-state index contributed by atoms with van der Waals surface area (Å²) in [4.78, 5) is 0. The SMILES string of the molecule is C[Si]1(C)c2ccccc2-c2cc3c(-c4ccc5ccccc5c4)c4ccc(C5=CC6=CC=CC7=CC=C8C=CC=C5C8C76)cc4c(-c4ccc5ccccc5c4)c3cc21. The van der Waals surface area contributed by atoms with Gasteiger partial charge in [0.25, 0.3) is 0 Å². The molecule has 8 aromatic rings. The molecule has 0 saturated heterocycles. The van der Waals surface area contributed by atoms with Crippen LogP contribution in [-0.2, 0) is 0 Å². The summed E-state index contributed by atoms with van der Waals surface area (Å²) in [5.41, 5.74) is 16.2. The molecular formula is C58H40Si. The van der Waals surface area contributed by atoms with E-state index < -0.39 is 8.07 Å². The van der Waals surface area contributed by atoms with Crippen LogP contribution in [0.4, 0.5) is 0 Å². The Morgan fingerprint density at radius 3 is 1.75 bits per heavy atom. The lowest BCUT2D eigenvalue weighted by Gasteiger charge is -2.41. The Morgan fingerprint density at radius 1 is 0.407 bits per heavy atom. The van der Waals surface area contributed by atoms with Crippen molar-refractivity contribution in [3.63, 3.8) is 0 Å². The number of fused-ring (bicyclic) bond motifs is 7. The molecular weight excluding hydrogens is 725 g/mol. The number of rotatable bonds is 3. The Labute approximate surface area is 345 Å². The highest BCUT2D eigenvalue weighted by Gasteiger charge is 2.41. The lowest BCUT2D eigenvalue weighted by molar-refractivity contribution is 0.568. The second-order valence-corrected chi connectivity index (χ2v) is 21.9. The first-order valence-corrected chi connectivity index (χ1v) is 24.1. The van der Waals surface area contributed by atoms with Crippen LogP contribution in [0.1, 0.15) is 5.56 Å². The topological polar surface area (TPSA) is 0 Å². The Bertz CT molecular complexity index is 3460. The van der Waals surface area contributed by atoms with Crippen molar-refractivity contribution < 1.29 is 0 Å². The van der Waals surface area contributed by atoms with E-state index in [1.807, 2.05) is 0 Å². The molecule has 0 amide bonds. The fourth-order valence-corrected chi connectivity index (χ4v) is 14.5. The standard InChI is InChI=1S/C58H40Si/c1-59(2)53-20-8-7-18-45(53)49-33-51-52(34-54(49)59)57(44-26-22-36-12-4-6-14-40(36)30-44)50-31-41(27-28-47(50)56(51)43-25-21-35-11-3-5-13-39(35)29-43)48-32-42-17-9-15-37-23-24-38-16-10-19-46(48)58(38)55(37)42/h3-34,55,58H,1-2H3. The van der Waals surface area contributed by atoms with Crippen LogP contribution in [0, 0.1) is 11.8 Å². The Kier molecular flexibility index (Phi) is 6.82. The quantitative estimate of drug-likeness (QED) is 0.124. The van der Waals surface area contributed by atoms with Gasteiger partial charge in [-0.15, -0.1) is 0 Å². The normalized spacial score (nSPS) is 19.2. The largest absolute Gasteiger partial charge is 0.113 e. The average Bonchev–Trinajstić information content (AvgIpc) is 3.50. The van der Waals surface area contributed by atoms with E-state index in [1.54, 1.807) is 0 Å². The van der Waals surface area contributed by atoms with Gasteiger partial charge in [-0.25, -0.2) is 0 Å². The van der Waals surface area contributed by atoms with Gasteiger partial charge in [-0.05, 0) is 145 Å². The predicted molar refractivity (Wildman–Crippen MR) is 255 cm³/mol. The first-order valence-electron chi connectivity index (χ1n) is 21.1. The molecule has 0 nitrogen and oxygen atoms in total. The minimum atomic E-state index is -1.99. The monoisotopic (exact) mass is 764 g/mol. The molecule has 0 aromatic heterocycles. The maximum absolute atomic E-state index is 2.63. The highest BCUT2D eigenvalue weighted by Crippen LogP contribution is 2.54. The Balaban J connectivity index is 1.17. The fourth-order valence-electron chi connectivity index (χ4n) is 11.4. The van der Waals surface area contributed by atoms with Gasteiger partial charge in [0, 0.05) is 11.8 Å². The van der Waals surface area contributed by atoms with Gasteiger partial charge < -0.3 is 0 Å². The van der Waals surface area contributed by atoms with Crippen molar-refractivity contribution in [3.8, 4) is 33.4 Å². The predicted octanol–water partition coefficient (Wildman–Crippen LogP) is 13.9. The minimum Gasteiger partial charge on any atom is -0.0623 e. The number of benzene rings is 8. The van der Waals surface area contributed by atoms with Crippen molar-refractivity contribution in [2.45, 2.75) is 13.1 Å². The van der Waals surface area contributed by atoms with E-state index in [4.69, 9.17) is 0 Å². The van der Waals surface area contributed by atoms with Crippen molar-refractivity contribution in [3.05, 3.63) is 222 Å². The summed E-state index contributed by atoms with van der Waals surface area (Å²) in [6.45, 7) is 5.09. The van der Waals surface area contributed by atoms with Crippen molar-refractivity contribution in [1.82, 2.24) is 0 Å². The molecule has 8 aromatic carbocycles. The Morgan fingerprint density at radius 2 is 1.00 bits per heavy atom. The maximum atomic E-state index is 2.63. The van der Waals surface area contributed by atoms with E-state index in [0.717, 1.165) is 0 Å². The highest BCUT2D eigenvalue weighted by atomic mass is 28.3. The lowest BCUT2D eigenvalue weighted by Crippen LogP contribution is -2.49. The van der Waals surface area contributed by atoms with Crippen molar-refractivity contribution in [2.24, 2.45) is 11.8 Å². The fraction of sp³-hybridized carbons (Fsp3) is 0.0690. The zero-order chi connectivity index (χ0) is 39.0. The van der Waals surface area contributed by atoms with Gasteiger partial charge in [-0.2, -0.15) is 0 Å². The summed E-state index contributed by atoms with van der Waals surface area (Å²) in [7, 11) is -1.99. The minimum absolute atomic E-state index is 0.327. The zero-order valence-electron chi connectivity index (χ0n) is 33.1. The smallest absolute Gasteiger partial charge is 0.0623 e. The van der Waals surface area contributed by atoms with Gasteiger partial charge in [0.1, 0.15) is 8.07 Å². The molecule has 0 fully saturated rings. The molecule has 1 aliphatic heterocycles. The molecule has 0 bridgehead atoms. The number of hydrogen-bond acceptors (Lipinski definition) is 0. The van der Waals surface area contributed by atoms with E-state index in [-0.39, 0.29) is 0 Å². The third kappa shape index (κ3) is 4.71. The average molecular weight is 765 g/mol. The van der Waals surface area contributed by atoms with E-state index in [1.165, 1.54) is 120 Å². The summed E-state index contributed by atoms with van der Waals surface area (Å²) in [6, 6.07) is 53.6. The third-order valence-corrected chi connectivity index (χ3v) is 17.7. The van der Waals surface area contributed by atoms with Crippen LogP contribution in [-0.4, -0.2) is 8.07 Å². The van der Waals surface area contributed by atoms with Crippen LogP contribution in [0.15, 0.2) is 217 Å². The molecule has 13 rings (SSSR count). The molecule has 0 saturated carbocycles. The molecule has 1 heteroatoms. The number of allylic oxidation sites excluding steroid dienone is 14. The van der Waals surface area contributed by atoms with Gasteiger partial charge in [0.15, 0.2) is 0 Å². The molecule has 59 heavy (non-hydrogen) atoms. The van der Waals surface area contributed by atoms with Gasteiger partial charge in [-0.3, -0.25) is 0 Å². The molecule has 4 aliphatic carbocycles. The van der Waals surface area contributed by atoms with Crippen LogP contribution in [0.25, 0.3) is 82.0 Å². The molecule has 5 aliphatic rings. The summed E-state index contributed by atoms with van der Waals surface area (Å²) < 4.78 is 0. The summed E-state index contributed by atoms with van der Waals surface area (Å²) in [5.74, 6) is 0.698. The zero-order valence-corrected chi connectivity index (χ0v) is 34.1. The second-order valence-electron chi connectivity index (χ2n) is 17.6. The van der Waals surface area contributed by atoms with Crippen LogP contribution in [0.3, 0.4) is 0 Å². The van der Waals surface area contributed by atoms with Crippen LogP contribution in [0.2, 0.25) is 13.1 Å². The van der Waals surface area contributed by atoms with Crippen LogP contribution < -0.4 is 10.4 Å². The number of hydrogen-bond donors (Lipinski definition) is 0. The van der Waals surface area contributed by atoms with E-state index >= 15 is 0 Å². The third-order valence-electron chi connectivity index (χ3n) is 14.2. The van der Waals surface area contributed by atoms with E-state index in [0.29, 0.717) is 11.8 Å². The van der Waals surface area contributed by atoms with Crippen molar-refractivity contribution >= 4 is 67.1 Å². The van der Waals surface area contributed by atoms with E-state index in [9.17, 15) is 0 Å². The molecule has 0 N–H and O–H groups in total. The van der Waals surface area contributed by atoms with Crippen LogP contribution in [0.5, 0.6) is 0 Å². The first-order chi connectivity index (χ1) is 29.0. The molecule has 0 spiro atoms. The Hall–Kier alpha value is -6.80. The lowest BCUT2D eigenvalue weighted by atomic mass is 9.62. The van der Waals surface area contributed by atoms with Gasteiger partial charge in [0.2, 0.25) is 0 Å². The summed E-state index contributed by atoms with van der Waals surface area (Å²) in [5, 5.41) is 13.4. The second kappa shape index (κ2) is 12.1.